The van der Waals surface area contributed by atoms with Crippen molar-refractivity contribution in [3.05, 3.63) is 107 Å². The van der Waals surface area contributed by atoms with Crippen molar-refractivity contribution in [2.24, 2.45) is 11.3 Å². The minimum absolute atomic E-state index is 0.0136. The van der Waals surface area contributed by atoms with Crippen LogP contribution in [0.15, 0.2) is 78.9 Å². The average Bonchev–Trinajstić information content (AvgIpc) is 3.66. The highest BCUT2D eigenvalue weighted by atomic mass is 19.1. The van der Waals surface area contributed by atoms with E-state index >= 15 is 8.78 Å². The second-order valence-corrected chi connectivity index (χ2v) is 13.8. The molecule has 0 unspecified atom stereocenters. The number of esters is 1. The van der Waals surface area contributed by atoms with E-state index in [1.807, 2.05) is 81.4 Å². The van der Waals surface area contributed by atoms with Crippen LogP contribution in [0.1, 0.15) is 57.6 Å². The Morgan fingerprint density at radius 3 is 2.24 bits per heavy atom. The van der Waals surface area contributed by atoms with Crippen LogP contribution in [0, 0.1) is 23.0 Å². The molecule has 10 nitrogen and oxygen atoms in total. The molecule has 13 heteroatoms. The molecule has 1 aliphatic heterocycles. The summed E-state index contributed by atoms with van der Waals surface area (Å²) in [5.41, 5.74) is 0.604. The number of hydrogen-bond donors (Lipinski definition) is 0. The standard InChI is InChI=1S/C38H42F3N5O5/c1-24(51-25(2)47)36(48)45(21-28-20-44(22-32(28)41)37(49)50-23-27-14-10-7-11-15-27)33(38(3,4)5)35-42-34(30-18-29(39)16-17-31(30)40)43-46(35)19-26-12-8-6-9-13-26/h6-18,24,28,32-33H,19-23H2,1-5H3/t24-,28-,32-,33-/m0/s1. The number of hydrogen-bond acceptors (Lipinski definition) is 7. The highest BCUT2D eigenvalue weighted by Crippen LogP contribution is 2.40. The number of aromatic nitrogens is 3. The fourth-order valence-electron chi connectivity index (χ4n) is 6.28. The Balaban J connectivity index is 1.54. The van der Waals surface area contributed by atoms with Gasteiger partial charge in [-0.2, -0.15) is 5.10 Å². The van der Waals surface area contributed by atoms with E-state index < -0.39 is 59.3 Å². The van der Waals surface area contributed by atoms with Gasteiger partial charge in [0.25, 0.3) is 5.91 Å². The zero-order chi connectivity index (χ0) is 36.9. The van der Waals surface area contributed by atoms with Gasteiger partial charge in [-0.1, -0.05) is 81.4 Å². The number of carbonyl (C=O) groups is 3. The van der Waals surface area contributed by atoms with Gasteiger partial charge in [-0.25, -0.2) is 27.6 Å². The van der Waals surface area contributed by atoms with Crippen LogP contribution in [0.3, 0.4) is 0 Å². The van der Waals surface area contributed by atoms with Gasteiger partial charge in [-0.3, -0.25) is 9.59 Å². The summed E-state index contributed by atoms with van der Waals surface area (Å²) in [4.78, 5) is 46.7. The molecule has 2 heterocycles. The van der Waals surface area contributed by atoms with Crippen LogP contribution in [0.5, 0.6) is 0 Å². The number of carbonyl (C=O) groups excluding carboxylic acids is 3. The highest BCUT2D eigenvalue weighted by Gasteiger charge is 2.45. The van der Waals surface area contributed by atoms with Crippen molar-refractivity contribution in [1.82, 2.24) is 24.6 Å². The molecule has 0 saturated carbocycles. The molecule has 0 spiro atoms. The summed E-state index contributed by atoms with van der Waals surface area (Å²) in [6.07, 6.45) is -3.47. The Hall–Kier alpha value is -5.20. The van der Waals surface area contributed by atoms with Gasteiger partial charge in [0.15, 0.2) is 17.8 Å². The lowest BCUT2D eigenvalue weighted by Crippen LogP contribution is -2.50. The van der Waals surface area contributed by atoms with E-state index in [0.717, 1.165) is 29.3 Å². The Kier molecular flexibility index (Phi) is 11.5. The number of likely N-dealkylation sites (tertiary alicyclic amines) is 1. The average molecular weight is 706 g/mol. The minimum Gasteiger partial charge on any atom is -0.453 e. The van der Waals surface area contributed by atoms with E-state index in [9.17, 15) is 18.8 Å². The zero-order valence-electron chi connectivity index (χ0n) is 29.3. The van der Waals surface area contributed by atoms with E-state index in [2.05, 4.69) is 5.10 Å². The maximum Gasteiger partial charge on any atom is 0.410 e. The van der Waals surface area contributed by atoms with Gasteiger partial charge < -0.3 is 19.3 Å². The molecule has 3 aromatic carbocycles. The molecular formula is C38H42F3N5O5. The number of ether oxygens (including phenoxy) is 2. The molecule has 0 radical (unpaired) electrons. The number of benzene rings is 3. The molecule has 0 N–H and O–H groups in total. The van der Waals surface area contributed by atoms with E-state index in [1.165, 1.54) is 28.3 Å². The molecule has 5 rings (SSSR count). The van der Waals surface area contributed by atoms with Crippen LogP contribution in [0.2, 0.25) is 0 Å². The number of amides is 2. The summed E-state index contributed by atoms with van der Waals surface area (Å²) in [5, 5.41) is 4.61. The molecule has 0 aliphatic carbocycles. The molecule has 1 saturated heterocycles. The lowest BCUT2D eigenvalue weighted by Gasteiger charge is -2.41. The summed E-state index contributed by atoms with van der Waals surface area (Å²) in [6, 6.07) is 20.4. The van der Waals surface area contributed by atoms with Gasteiger partial charge in [0.2, 0.25) is 0 Å². The van der Waals surface area contributed by atoms with Crippen LogP contribution in [-0.4, -0.2) is 74.4 Å². The van der Waals surface area contributed by atoms with E-state index in [0.29, 0.717) is 0 Å². The Morgan fingerprint density at radius 1 is 0.961 bits per heavy atom. The van der Waals surface area contributed by atoms with Gasteiger partial charge in [-0.05, 0) is 41.7 Å². The second kappa shape index (κ2) is 15.8. The lowest BCUT2D eigenvalue weighted by atomic mass is 9.84. The quantitative estimate of drug-likeness (QED) is 0.159. The summed E-state index contributed by atoms with van der Waals surface area (Å²) in [6.45, 7) is 7.85. The summed E-state index contributed by atoms with van der Waals surface area (Å²) < 4.78 is 57.6. The molecule has 4 aromatic rings. The first-order chi connectivity index (χ1) is 24.2. The third-order valence-electron chi connectivity index (χ3n) is 8.65. The Morgan fingerprint density at radius 2 is 1.61 bits per heavy atom. The maximum absolute atomic E-state index is 15.9. The number of nitrogens with zero attached hydrogens (tertiary/aromatic N) is 5. The molecule has 51 heavy (non-hydrogen) atoms. The van der Waals surface area contributed by atoms with Gasteiger partial charge >= 0.3 is 12.1 Å². The van der Waals surface area contributed by atoms with Crippen molar-refractivity contribution in [2.45, 2.75) is 66.1 Å². The number of alkyl halides is 1. The topological polar surface area (TPSA) is 107 Å². The van der Waals surface area contributed by atoms with Crippen molar-refractivity contribution >= 4 is 18.0 Å². The fraction of sp³-hybridized carbons (Fsp3) is 0.395. The van der Waals surface area contributed by atoms with E-state index in [4.69, 9.17) is 14.5 Å². The number of rotatable bonds is 11. The predicted molar refractivity (Wildman–Crippen MR) is 183 cm³/mol. The van der Waals surface area contributed by atoms with Crippen LogP contribution in [-0.2, 0) is 32.2 Å². The molecule has 270 valence electrons. The fourth-order valence-corrected chi connectivity index (χ4v) is 6.28. The van der Waals surface area contributed by atoms with Crippen molar-refractivity contribution in [2.75, 3.05) is 19.6 Å². The molecule has 4 atom stereocenters. The van der Waals surface area contributed by atoms with Gasteiger partial charge in [0, 0.05) is 25.9 Å². The molecule has 1 aliphatic rings. The smallest absolute Gasteiger partial charge is 0.410 e. The third kappa shape index (κ3) is 9.13. The second-order valence-electron chi connectivity index (χ2n) is 13.8. The summed E-state index contributed by atoms with van der Waals surface area (Å²) in [7, 11) is 0. The predicted octanol–water partition coefficient (Wildman–Crippen LogP) is 6.75. The SMILES string of the molecule is CC(=O)O[C@@H](C)C(=O)N(C[C@@H]1CN(C(=O)OCc2ccccc2)C[C@@H]1F)[C@@H](c1nc(-c2cc(F)ccc2F)nn1Cc1ccccc1)C(C)(C)C. The first-order valence-electron chi connectivity index (χ1n) is 16.7. The summed E-state index contributed by atoms with van der Waals surface area (Å²) in [5.74, 6) is -3.47. The third-order valence-corrected chi connectivity index (χ3v) is 8.65. The van der Waals surface area contributed by atoms with Crippen LogP contribution in [0.25, 0.3) is 11.4 Å². The van der Waals surface area contributed by atoms with Crippen LogP contribution >= 0.6 is 0 Å². The monoisotopic (exact) mass is 705 g/mol. The minimum atomic E-state index is -1.52. The molecule has 0 bridgehead atoms. The van der Waals surface area contributed by atoms with Gasteiger partial charge in [0.1, 0.15) is 24.4 Å². The summed E-state index contributed by atoms with van der Waals surface area (Å²) >= 11 is 0. The van der Waals surface area contributed by atoms with Crippen molar-refractivity contribution in [1.29, 1.82) is 0 Å². The molecule has 2 amide bonds. The Bertz CT molecular complexity index is 1830. The normalized spacial score (nSPS) is 17.1. The van der Waals surface area contributed by atoms with E-state index in [-0.39, 0.29) is 50.0 Å². The van der Waals surface area contributed by atoms with Crippen molar-refractivity contribution in [3.63, 3.8) is 0 Å². The van der Waals surface area contributed by atoms with Crippen molar-refractivity contribution < 1.29 is 37.0 Å². The van der Waals surface area contributed by atoms with Crippen LogP contribution in [0.4, 0.5) is 18.0 Å². The van der Waals surface area contributed by atoms with E-state index in [1.54, 1.807) is 0 Å². The lowest BCUT2D eigenvalue weighted by molar-refractivity contribution is -0.160. The maximum atomic E-state index is 15.9. The molecule has 1 aromatic heterocycles. The van der Waals surface area contributed by atoms with Crippen molar-refractivity contribution in [3.8, 4) is 11.4 Å². The Labute approximate surface area is 295 Å². The molecule has 1 fully saturated rings. The van der Waals surface area contributed by atoms with Gasteiger partial charge in [-0.15, -0.1) is 0 Å². The molecular weight excluding hydrogens is 663 g/mol. The first kappa shape index (κ1) is 37.1. The largest absolute Gasteiger partial charge is 0.453 e. The van der Waals surface area contributed by atoms with Gasteiger partial charge in [0.05, 0.1) is 24.7 Å². The van der Waals surface area contributed by atoms with Crippen LogP contribution < -0.4 is 0 Å². The first-order valence-corrected chi connectivity index (χ1v) is 16.7. The zero-order valence-corrected chi connectivity index (χ0v) is 29.3. The highest BCUT2D eigenvalue weighted by molar-refractivity contribution is 5.83. The number of halogens is 3.